The minimum absolute atomic E-state index is 0.0460. The summed E-state index contributed by atoms with van der Waals surface area (Å²) >= 11 is 0. The number of amides is 1. The van der Waals surface area contributed by atoms with E-state index in [-0.39, 0.29) is 17.9 Å². The number of carbonyl (C=O) groups excluding carboxylic acids is 1. The summed E-state index contributed by atoms with van der Waals surface area (Å²) in [5.74, 6) is -1.30. The highest BCUT2D eigenvalue weighted by Gasteiger charge is 2.17. The molecule has 0 saturated heterocycles. The van der Waals surface area contributed by atoms with E-state index in [1.807, 2.05) is 0 Å². The van der Waals surface area contributed by atoms with Crippen LogP contribution in [-0.4, -0.2) is 43.9 Å². The van der Waals surface area contributed by atoms with Crippen molar-refractivity contribution in [3.63, 3.8) is 0 Å². The summed E-state index contributed by atoms with van der Waals surface area (Å²) in [6.45, 7) is 0.0460. The maximum Gasteiger partial charge on any atom is 0.337 e. The van der Waals surface area contributed by atoms with Gasteiger partial charge in [0.15, 0.2) is 0 Å². The molecule has 7 nitrogen and oxygen atoms in total. The standard InChI is InChI=1S/C12H16N2O5/c1-18-6-9(13)11(15)14-10-4-3-7(19-2)5-8(10)12(16)17/h3-5,9H,6,13H2,1-2H3,(H,14,15)(H,16,17). The lowest BCUT2D eigenvalue weighted by molar-refractivity contribution is -0.118. The normalized spacial score (nSPS) is 11.7. The lowest BCUT2D eigenvalue weighted by Crippen LogP contribution is -2.39. The number of benzene rings is 1. The van der Waals surface area contributed by atoms with Crippen LogP contribution in [0.25, 0.3) is 0 Å². The van der Waals surface area contributed by atoms with Crippen LogP contribution in [0, 0.1) is 0 Å². The topological polar surface area (TPSA) is 111 Å². The van der Waals surface area contributed by atoms with Crippen LogP contribution in [0.4, 0.5) is 5.69 Å². The van der Waals surface area contributed by atoms with Crippen molar-refractivity contribution in [3.05, 3.63) is 23.8 Å². The van der Waals surface area contributed by atoms with Gasteiger partial charge in [-0.2, -0.15) is 0 Å². The van der Waals surface area contributed by atoms with Gasteiger partial charge < -0.3 is 25.6 Å². The fraction of sp³-hybridized carbons (Fsp3) is 0.333. The molecule has 104 valence electrons. The molecule has 0 fully saturated rings. The second kappa shape index (κ2) is 6.72. The SMILES string of the molecule is COCC(N)C(=O)Nc1ccc(OC)cc1C(=O)O. The molecule has 1 unspecified atom stereocenters. The number of nitrogens with two attached hydrogens (primary N) is 1. The Kier molecular flexibility index (Phi) is 5.28. The maximum atomic E-state index is 11.7. The van der Waals surface area contributed by atoms with Gasteiger partial charge in [0.1, 0.15) is 11.8 Å². The van der Waals surface area contributed by atoms with E-state index in [1.54, 1.807) is 6.07 Å². The van der Waals surface area contributed by atoms with Crippen molar-refractivity contribution in [1.82, 2.24) is 0 Å². The molecule has 4 N–H and O–H groups in total. The zero-order chi connectivity index (χ0) is 14.4. The van der Waals surface area contributed by atoms with E-state index in [9.17, 15) is 9.59 Å². The van der Waals surface area contributed by atoms with Crippen LogP contribution in [0.15, 0.2) is 18.2 Å². The van der Waals surface area contributed by atoms with Gasteiger partial charge in [-0.15, -0.1) is 0 Å². The van der Waals surface area contributed by atoms with Crippen molar-refractivity contribution < 1.29 is 24.2 Å². The Labute approximate surface area is 110 Å². The van der Waals surface area contributed by atoms with Gasteiger partial charge in [0, 0.05) is 7.11 Å². The number of anilines is 1. The average Bonchev–Trinajstić information content (AvgIpc) is 2.39. The number of ether oxygens (including phenoxy) is 2. The number of carboxylic acids is 1. The van der Waals surface area contributed by atoms with E-state index in [2.05, 4.69) is 5.32 Å². The molecule has 1 atom stereocenters. The molecule has 0 aromatic heterocycles. The minimum Gasteiger partial charge on any atom is -0.497 e. The Morgan fingerprint density at radius 1 is 1.42 bits per heavy atom. The van der Waals surface area contributed by atoms with Crippen LogP contribution in [-0.2, 0) is 9.53 Å². The van der Waals surface area contributed by atoms with Crippen molar-refractivity contribution in [3.8, 4) is 5.75 Å². The van der Waals surface area contributed by atoms with Gasteiger partial charge in [0.05, 0.1) is 25.0 Å². The predicted molar refractivity (Wildman–Crippen MR) is 68.4 cm³/mol. The van der Waals surface area contributed by atoms with E-state index in [0.717, 1.165) is 0 Å². The van der Waals surface area contributed by atoms with Crippen LogP contribution in [0.1, 0.15) is 10.4 Å². The smallest absolute Gasteiger partial charge is 0.337 e. The van der Waals surface area contributed by atoms with Crippen LogP contribution < -0.4 is 15.8 Å². The summed E-state index contributed by atoms with van der Waals surface area (Å²) in [7, 11) is 2.84. The fourth-order valence-electron chi connectivity index (χ4n) is 1.42. The van der Waals surface area contributed by atoms with Crippen molar-refractivity contribution in [2.24, 2.45) is 5.73 Å². The third kappa shape index (κ3) is 3.94. The van der Waals surface area contributed by atoms with Gasteiger partial charge in [-0.25, -0.2) is 4.79 Å². The lowest BCUT2D eigenvalue weighted by atomic mass is 10.1. The monoisotopic (exact) mass is 268 g/mol. The number of carbonyl (C=O) groups is 2. The van der Waals surface area contributed by atoms with E-state index in [0.29, 0.717) is 5.75 Å². The first-order chi connectivity index (χ1) is 8.99. The van der Waals surface area contributed by atoms with Crippen molar-refractivity contribution in [2.45, 2.75) is 6.04 Å². The van der Waals surface area contributed by atoms with E-state index in [1.165, 1.54) is 26.4 Å². The van der Waals surface area contributed by atoms with E-state index in [4.69, 9.17) is 20.3 Å². The van der Waals surface area contributed by atoms with Gasteiger partial charge in [0.2, 0.25) is 5.91 Å². The molecule has 0 aliphatic rings. The molecule has 0 heterocycles. The maximum absolute atomic E-state index is 11.7. The molecule has 0 bridgehead atoms. The minimum atomic E-state index is -1.17. The van der Waals surface area contributed by atoms with E-state index < -0.39 is 17.9 Å². The van der Waals surface area contributed by atoms with Gasteiger partial charge in [-0.05, 0) is 18.2 Å². The highest BCUT2D eigenvalue weighted by Crippen LogP contribution is 2.22. The van der Waals surface area contributed by atoms with Crippen molar-refractivity contribution in [2.75, 3.05) is 26.1 Å². The van der Waals surface area contributed by atoms with E-state index >= 15 is 0 Å². The lowest BCUT2D eigenvalue weighted by Gasteiger charge is -2.13. The van der Waals surface area contributed by atoms with Gasteiger partial charge in [-0.3, -0.25) is 4.79 Å². The first kappa shape index (κ1) is 14.9. The largest absolute Gasteiger partial charge is 0.497 e. The van der Waals surface area contributed by atoms with Gasteiger partial charge >= 0.3 is 5.97 Å². The zero-order valence-corrected chi connectivity index (χ0v) is 10.7. The summed E-state index contributed by atoms with van der Waals surface area (Å²) < 4.78 is 9.68. The molecule has 1 amide bonds. The van der Waals surface area contributed by atoms with Crippen LogP contribution >= 0.6 is 0 Å². The quantitative estimate of drug-likeness (QED) is 0.684. The molecule has 1 aromatic rings. The Balaban J connectivity index is 2.94. The summed E-state index contributed by atoms with van der Waals surface area (Å²) in [4.78, 5) is 22.8. The average molecular weight is 268 g/mol. The molecule has 7 heteroatoms. The molecular weight excluding hydrogens is 252 g/mol. The third-order valence-electron chi connectivity index (χ3n) is 2.40. The molecule has 0 saturated carbocycles. The fourth-order valence-corrected chi connectivity index (χ4v) is 1.42. The number of hydrogen-bond donors (Lipinski definition) is 3. The molecule has 0 aliphatic heterocycles. The number of rotatable bonds is 6. The summed E-state index contributed by atoms with van der Waals surface area (Å²) in [5.41, 5.74) is 5.63. The molecular formula is C12H16N2O5. The number of aromatic carboxylic acids is 1. The second-order valence-corrected chi connectivity index (χ2v) is 3.77. The number of hydrogen-bond acceptors (Lipinski definition) is 5. The molecule has 19 heavy (non-hydrogen) atoms. The number of methoxy groups -OCH3 is 2. The summed E-state index contributed by atoms with van der Waals surface area (Å²) in [5, 5.41) is 11.5. The zero-order valence-electron chi connectivity index (χ0n) is 10.7. The molecule has 0 radical (unpaired) electrons. The summed E-state index contributed by atoms with van der Waals surface area (Å²) in [6, 6.07) is 3.44. The van der Waals surface area contributed by atoms with Gasteiger partial charge in [0.25, 0.3) is 0 Å². The molecule has 0 aliphatic carbocycles. The van der Waals surface area contributed by atoms with Gasteiger partial charge in [-0.1, -0.05) is 0 Å². The highest BCUT2D eigenvalue weighted by atomic mass is 16.5. The van der Waals surface area contributed by atoms with Crippen LogP contribution in [0.5, 0.6) is 5.75 Å². The van der Waals surface area contributed by atoms with Crippen molar-refractivity contribution in [1.29, 1.82) is 0 Å². The first-order valence-electron chi connectivity index (χ1n) is 5.46. The predicted octanol–water partition coefficient (Wildman–Crippen LogP) is 0.306. The Morgan fingerprint density at radius 2 is 2.11 bits per heavy atom. The Hall–Kier alpha value is -2.12. The van der Waals surface area contributed by atoms with Crippen LogP contribution in [0.2, 0.25) is 0 Å². The first-order valence-corrected chi connectivity index (χ1v) is 5.46. The molecule has 1 aromatic carbocycles. The second-order valence-electron chi connectivity index (χ2n) is 3.77. The summed E-state index contributed by atoms with van der Waals surface area (Å²) in [6.07, 6.45) is 0. The number of nitrogens with one attached hydrogen (secondary N) is 1. The Morgan fingerprint density at radius 3 is 2.63 bits per heavy atom. The van der Waals surface area contributed by atoms with Crippen LogP contribution in [0.3, 0.4) is 0 Å². The Bertz CT molecular complexity index is 475. The highest BCUT2D eigenvalue weighted by molar-refractivity contribution is 6.02. The third-order valence-corrected chi connectivity index (χ3v) is 2.40. The molecule has 0 spiro atoms. The molecule has 1 rings (SSSR count). The number of carboxylic acid groups (broad SMARTS) is 1. The van der Waals surface area contributed by atoms with Crippen molar-refractivity contribution >= 4 is 17.6 Å².